The molecule has 0 aromatic heterocycles. The second-order valence-electron chi connectivity index (χ2n) is 7.33. The lowest BCUT2D eigenvalue weighted by Gasteiger charge is -2.43. The van der Waals surface area contributed by atoms with Gasteiger partial charge in [0.25, 0.3) is 0 Å². The highest BCUT2D eigenvalue weighted by atomic mass is 16.8. The van der Waals surface area contributed by atoms with E-state index in [1.807, 2.05) is 0 Å². The Hall–Kier alpha value is -1.35. The number of fused-ring (bicyclic) bond motifs is 1. The molecule has 166 valence electrons. The molecule has 0 aromatic carbocycles. The molecule has 3 rings (SSSR count). The first-order chi connectivity index (χ1) is 13.8. The molecule has 0 aromatic rings. The standard InChI is InChI=1S/C17H26O12/c1-26-15(25)6-4-27-16(9-5(2-18)10(20)12(22)8(6)9)29-17-14(24)13(23)11(21)7(3-19)28-17/h4-5,7-14,16-24H,2-3H2,1H3/t5-,7-,8-,9-,10+,11-,12-,13+,14-,16+,17+/m1/s1. The number of carbonyl (C=O) groups is 1. The highest BCUT2D eigenvalue weighted by molar-refractivity contribution is 5.89. The van der Waals surface area contributed by atoms with Gasteiger partial charge in [0.1, 0.15) is 24.4 Å². The maximum Gasteiger partial charge on any atom is 0.337 e. The van der Waals surface area contributed by atoms with Gasteiger partial charge in [-0.05, 0) is 0 Å². The van der Waals surface area contributed by atoms with Crippen LogP contribution in [0.5, 0.6) is 0 Å². The molecular formula is C17H26O12. The summed E-state index contributed by atoms with van der Waals surface area (Å²) in [5.74, 6) is -3.68. The zero-order chi connectivity index (χ0) is 21.5. The first kappa shape index (κ1) is 22.3. The van der Waals surface area contributed by atoms with E-state index < -0.39 is 86.1 Å². The smallest absolute Gasteiger partial charge is 0.337 e. The summed E-state index contributed by atoms with van der Waals surface area (Å²) in [6.07, 6.45) is -10.9. The molecule has 12 nitrogen and oxygen atoms in total. The fourth-order valence-electron chi connectivity index (χ4n) is 4.23. The summed E-state index contributed by atoms with van der Waals surface area (Å²) in [6.45, 7) is -1.22. The SMILES string of the molecule is COC(=O)C1=CO[C@@H](O[C@@H]2O[C@H](CO)[C@@H](O)[C@H](O)[C@H]2O)[C@@H]2[C@@H](CO)[C@H](O)[C@H](O)[C@H]12. The number of rotatable bonds is 5. The highest BCUT2D eigenvalue weighted by Crippen LogP contribution is 2.47. The molecule has 2 heterocycles. The van der Waals surface area contributed by atoms with E-state index in [9.17, 15) is 40.5 Å². The van der Waals surface area contributed by atoms with Crippen LogP contribution in [0.4, 0.5) is 0 Å². The Labute approximate surface area is 165 Å². The van der Waals surface area contributed by atoms with E-state index in [4.69, 9.17) is 14.2 Å². The van der Waals surface area contributed by atoms with Gasteiger partial charge in [-0.15, -0.1) is 0 Å². The van der Waals surface area contributed by atoms with Crippen LogP contribution in [-0.2, 0) is 23.7 Å². The van der Waals surface area contributed by atoms with E-state index in [2.05, 4.69) is 4.74 Å². The van der Waals surface area contributed by atoms with Crippen molar-refractivity contribution in [3.8, 4) is 0 Å². The lowest BCUT2D eigenvalue weighted by atomic mass is 9.82. The maximum atomic E-state index is 12.0. The minimum absolute atomic E-state index is 0.0614. The number of aliphatic hydroxyl groups excluding tert-OH is 7. The first-order valence-corrected chi connectivity index (χ1v) is 9.13. The van der Waals surface area contributed by atoms with Crippen LogP contribution in [0.3, 0.4) is 0 Å². The van der Waals surface area contributed by atoms with Crippen LogP contribution in [0.2, 0.25) is 0 Å². The van der Waals surface area contributed by atoms with Crippen molar-refractivity contribution in [2.24, 2.45) is 17.8 Å². The van der Waals surface area contributed by atoms with Gasteiger partial charge in [0.2, 0.25) is 6.29 Å². The molecule has 2 fully saturated rings. The van der Waals surface area contributed by atoms with Crippen molar-refractivity contribution in [2.75, 3.05) is 20.3 Å². The Morgan fingerprint density at radius 2 is 1.66 bits per heavy atom. The van der Waals surface area contributed by atoms with E-state index in [0.29, 0.717) is 0 Å². The molecule has 0 amide bonds. The number of hydrogen-bond donors (Lipinski definition) is 7. The summed E-state index contributed by atoms with van der Waals surface area (Å²) in [4.78, 5) is 12.0. The molecule has 3 aliphatic rings. The van der Waals surface area contributed by atoms with Crippen LogP contribution in [-0.4, -0.2) is 111 Å². The van der Waals surface area contributed by atoms with Gasteiger partial charge in [0.15, 0.2) is 6.29 Å². The summed E-state index contributed by atoms with van der Waals surface area (Å²) >= 11 is 0. The van der Waals surface area contributed by atoms with Crippen LogP contribution >= 0.6 is 0 Å². The van der Waals surface area contributed by atoms with Crippen LogP contribution in [0.1, 0.15) is 0 Å². The highest BCUT2D eigenvalue weighted by Gasteiger charge is 2.58. The predicted molar refractivity (Wildman–Crippen MR) is 89.4 cm³/mol. The number of hydrogen-bond acceptors (Lipinski definition) is 12. The van der Waals surface area contributed by atoms with Gasteiger partial charge in [0, 0.05) is 24.4 Å². The topological polar surface area (TPSA) is 196 Å². The molecule has 1 aliphatic carbocycles. The molecule has 1 saturated carbocycles. The molecular weight excluding hydrogens is 396 g/mol. The zero-order valence-corrected chi connectivity index (χ0v) is 15.5. The molecule has 0 unspecified atom stereocenters. The Balaban J connectivity index is 1.87. The van der Waals surface area contributed by atoms with Crippen molar-refractivity contribution >= 4 is 5.97 Å². The molecule has 0 bridgehead atoms. The van der Waals surface area contributed by atoms with Gasteiger partial charge < -0.3 is 54.7 Å². The van der Waals surface area contributed by atoms with Gasteiger partial charge >= 0.3 is 5.97 Å². The van der Waals surface area contributed by atoms with Crippen molar-refractivity contribution in [1.82, 2.24) is 0 Å². The van der Waals surface area contributed by atoms with Gasteiger partial charge in [0.05, 0.1) is 37.8 Å². The summed E-state index contributed by atoms with van der Waals surface area (Å²) < 4.78 is 21.0. The lowest BCUT2D eigenvalue weighted by molar-refractivity contribution is -0.343. The van der Waals surface area contributed by atoms with Crippen LogP contribution in [0.25, 0.3) is 0 Å². The summed E-state index contributed by atoms with van der Waals surface area (Å²) in [7, 11) is 1.13. The molecule has 12 heteroatoms. The molecule has 29 heavy (non-hydrogen) atoms. The minimum atomic E-state index is -1.70. The van der Waals surface area contributed by atoms with Crippen molar-refractivity contribution in [2.45, 2.75) is 49.2 Å². The second-order valence-corrected chi connectivity index (χ2v) is 7.33. The lowest BCUT2D eigenvalue weighted by Crippen LogP contribution is -2.60. The van der Waals surface area contributed by atoms with Crippen molar-refractivity contribution < 1.29 is 59.5 Å². The molecule has 11 atom stereocenters. The Kier molecular flexibility index (Phi) is 6.77. The monoisotopic (exact) mass is 422 g/mol. The molecule has 0 radical (unpaired) electrons. The number of methoxy groups -OCH3 is 1. The van der Waals surface area contributed by atoms with Gasteiger partial charge in [-0.2, -0.15) is 0 Å². The van der Waals surface area contributed by atoms with E-state index in [1.165, 1.54) is 0 Å². The third kappa shape index (κ3) is 3.76. The van der Waals surface area contributed by atoms with Crippen LogP contribution in [0, 0.1) is 17.8 Å². The fourth-order valence-corrected chi connectivity index (χ4v) is 4.23. The summed E-state index contributed by atoms with van der Waals surface area (Å²) in [6, 6.07) is 0. The normalized spacial score (nSPS) is 47.2. The number of aliphatic hydroxyl groups is 7. The average Bonchev–Trinajstić information content (AvgIpc) is 2.98. The van der Waals surface area contributed by atoms with Crippen molar-refractivity contribution in [3.63, 3.8) is 0 Å². The number of esters is 1. The van der Waals surface area contributed by atoms with Gasteiger partial charge in [-0.1, -0.05) is 0 Å². The van der Waals surface area contributed by atoms with E-state index in [-0.39, 0.29) is 5.57 Å². The molecule has 0 spiro atoms. The maximum absolute atomic E-state index is 12.0. The largest absolute Gasteiger partial charge is 0.472 e. The van der Waals surface area contributed by atoms with E-state index in [0.717, 1.165) is 13.4 Å². The Morgan fingerprint density at radius 1 is 0.966 bits per heavy atom. The molecule has 7 N–H and O–H groups in total. The first-order valence-electron chi connectivity index (χ1n) is 9.13. The van der Waals surface area contributed by atoms with Crippen LogP contribution in [0.15, 0.2) is 11.8 Å². The Bertz CT molecular complexity index is 624. The quantitative estimate of drug-likeness (QED) is 0.211. The predicted octanol–water partition coefficient (Wildman–Crippen LogP) is -4.21. The summed E-state index contributed by atoms with van der Waals surface area (Å²) in [5, 5.41) is 69.7. The third-order valence-corrected chi connectivity index (χ3v) is 5.82. The second kappa shape index (κ2) is 8.79. The minimum Gasteiger partial charge on any atom is -0.472 e. The average molecular weight is 422 g/mol. The summed E-state index contributed by atoms with van der Waals surface area (Å²) in [5.41, 5.74) is -0.0614. The van der Waals surface area contributed by atoms with Crippen LogP contribution < -0.4 is 0 Å². The van der Waals surface area contributed by atoms with Crippen molar-refractivity contribution in [3.05, 3.63) is 11.8 Å². The van der Waals surface area contributed by atoms with Gasteiger partial charge in [-0.3, -0.25) is 0 Å². The van der Waals surface area contributed by atoms with E-state index >= 15 is 0 Å². The van der Waals surface area contributed by atoms with E-state index in [1.54, 1.807) is 0 Å². The van der Waals surface area contributed by atoms with Crippen molar-refractivity contribution in [1.29, 1.82) is 0 Å². The fraction of sp³-hybridized carbons (Fsp3) is 0.824. The number of ether oxygens (including phenoxy) is 4. The third-order valence-electron chi connectivity index (χ3n) is 5.82. The Morgan fingerprint density at radius 3 is 2.24 bits per heavy atom. The zero-order valence-electron chi connectivity index (χ0n) is 15.5. The number of carbonyl (C=O) groups excluding carboxylic acids is 1. The molecule has 2 aliphatic heterocycles. The molecule has 1 saturated heterocycles. The van der Waals surface area contributed by atoms with Gasteiger partial charge in [-0.25, -0.2) is 4.79 Å².